The summed E-state index contributed by atoms with van der Waals surface area (Å²) in [6, 6.07) is 5.63. The molecular weight excluding hydrogens is 320 g/mol. The van der Waals surface area contributed by atoms with Crippen molar-refractivity contribution in [3.63, 3.8) is 0 Å². The van der Waals surface area contributed by atoms with Gasteiger partial charge in [0.05, 0.1) is 20.0 Å². The van der Waals surface area contributed by atoms with Crippen molar-refractivity contribution in [2.75, 3.05) is 26.6 Å². The zero-order valence-electron chi connectivity index (χ0n) is 13.9. The van der Waals surface area contributed by atoms with Gasteiger partial charge in [-0.15, -0.1) is 0 Å². The fraction of sp³-hybridized carbons (Fsp3) is 0.625. The molecule has 0 amide bonds. The summed E-state index contributed by atoms with van der Waals surface area (Å²) in [6.07, 6.45) is 2.29. The average Bonchev–Trinajstić information content (AvgIpc) is 2.50. The summed E-state index contributed by atoms with van der Waals surface area (Å²) >= 11 is 0. The molecule has 0 saturated heterocycles. The van der Waals surface area contributed by atoms with Gasteiger partial charge in [0.25, 0.3) is 10.1 Å². The maximum atomic E-state index is 10.7. The molecule has 0 spiro atoms. The third-order valence-electron chi connectivity index (χ3n) is 3.89. The van der Waals surface area contributed by atoms with Crippen LogP contribution in [0.1, 0.15) is 31.7 Å². The Hall–Kier alpha value is -1.31. The lowest BCUT2D eigenvalue weighted by molar-refractivity contribution is 0.129. The Morgan fingerprint density at radius 1 is 1.13 bits per heavy atom. The lowest BCUT2D eigenvalue weighted by Crippen LogP contribution is -2.24. The Kier molecular flexibility index (Phi) is 7.31. The summed E-state index contributed by atoms with van der Waals surface area (Å²) in [6.45, 7) is 1.95. The normalized spacial score (nSPS) is 14.3. The number of benzene rings is 1. The zero-order chi connectivity index (χ0) is 17.5. The van der Waals surface area contributed by atoms with E-state index in [1.165, 1.54) is 0 Å². The molecule has 1 unspecified atom stereocenters. The largest absolute Gasteiger partial charge is 0.493 e. The van der Waals surface area contributed by atoms with E-state index in [-0.39, 0.29) is 17.8 Å². The monoisotopic (exact) mass is 346 g/mol. The highest BCUT2D eigenvalue weighted by Crippen LogP contribution is 2.33. The molecule has 0 saturated carbocycles. The van der Waals surface area contributed by atoms with Crippen LogP contribution in [0.3, 0.4) is 0 Å². The highest BCUT2D eigenvalue weighted by molar-refractivity contribution is 7.85. The van der Waals surface area contributed by atoms with Gasteiger partial charge in [-0.2, -0.15) is 8.42 Å². The van der Waals surface area contributed by atoms with E-state index < -0.39 is 10.1 Å². The highest BCUT2D eigenvalue weighted by atomic mass is 32.2. The number of methoxy groups -OCH3 is 2. The Labute approximate surface area is 138 Å². The minimum atomic E-state index is -3.92. The van der Waals surface area contributed by atoms with Gasteiger partial charge in [0, 0.05) is 6.61 Å². The lowest BCUT2D eigenvalue weighted by Gasteiger charge is -2.27. The molecular formula is C16H26O6S. The number of aliphatic hydroxyl groups is 1. The second kappa shape index (κ2) is 8.52. The summed E-state index contributed by atoms with van der Waals surface area (Å²) < 4.78 is 40.7. The second-order valence-electron chi connectivity index (χ2n) is 6.08. The summed E-state index contributed by atoms with van der Waals surface area (Å²) in [5.74, 6) is 1.04. The van der Waals surface area contributed by atoms with E-state index in [0.29, 0.717) is 37.2 Å². The molecule has 2 N–H and O–H groups in total. The van der Waals surface area contributed by atoms with Crippen LogP contribution in [0, 0.1) is 5.41 Å². The first-order valence-corrected chi connectivity index (χ1v) is 9.11. The van der Waals surface area contributed by atoms with Gasteiger partial charge >= 0.3 is 0 Å². The minimum Gasteiger partial charge on any atom is -0.493 e. The minimum absolute atomic E-state index is 0.00673. The molecule has 0 heterocycles. The van der Waals surface area contributed by atoms with Gasteiger partial charge < -0.3 is 14.6 Å². The van der Waals surface area contributed by atoms with Crippen LogP contribution in [0.2, 0.25) is 0 Å². The van der Waals surface area contributed by atoms with Gasteiger partial charge in [-0.05, 0) is 42.4 Å². The van der Waals surface area contributed by atoms with Gasteiger partial charge in [0.15, 0.2) is 11.5 Å². The molecule has 0 aliphatic carbocycles. The standard InChI is InChI=1S/C16H26O6S/c1-16(12-17,8-4-5-9-23(18,19)20)11-13-6-7-14(21-2)15(10-13)22-3/h6-7,10,17H,4-5,8-9,11-12H2,1-3H3,(H,18,19,20). The number of ether oxygens (including phenoxy) is 2. The molecule has 132 valence electrons. The van der Waals surface area contributed by atoms with E-state index >= 15 is 0 Å². The second-order valence-corrected chi connectivity index (χ2v) is 7.65. The van der Waals surface area contributed by atoms with Crippen molar-refractivity contribution >= 4 is 10.1 Å². The molecule has 1 aromatic carbocycles. The number of unbranched alkanes of at least 4 members (excludes halogenated alkanes) is 1. The predicted molar refractivity (Wildman–Crippen MR) is 88.7 cm³/mol. The third kappa shape index (κ3) is 6.76. The first kappa shape index (κ1) is 19.7. The molecule has 0 aliphatic rings. The smallest absolute Gasteiger partial charge is 0.264 e. The van der Waals surface area contributed by atoms with Crippen LogP contribution in [0.25, 0.3) is 0 Å². The number of hydrogen-bond acceptors (Lipinski definition) is 5. The van der Waals surface area contributed by atoms with Crippen LogP contribution >= 0.6 is 0 Å². The Morgan fingerprint density at radius 3 is 2.30 bits per heavy atom. The maximum absolute atomic E-state index is 10.7. The van der Waals surface area contributed by atoms with E-state index in [4.69, 9.17) is 14.0 Å². The van der Waals surface area contributed by atoms with E-state index in [0.717, 1.165) is 5.56 Å². The Morgan fingerprint density at radius 2 is 1.78 bits per heavy atom. The first-order chi connectivity index (χ1) is 10.7. The van der Waals surface area contributed by atoms with Crippen molar-refractivity contribution in [2.45, 2.75) is 32.6 Å². The van der Waals surface area contributed by atoms with Crippen LogP contribution in [0.4, 0.5) is 0 Å². The molecule has 1 aromatic rings. The average molecular weight is 346 g/mol. The van der Waals surface area contributed by atoms with Crippen molar-refractivity contribution in [1.82, 2.24) is 0 Å². The third-order valence-corrected chi connectivity index (χ3v) is 4.70. The number of aliphatic hydroxyl groups excluding tert-OH is 1. The molecule has 0 radical (unpaired) electrons. The molecule has 0 bridgehead atoms. The van der Waals surface area contributed by atoms with E-state index in [1.54, 1.807) is 14.2 Å². The molecule has 6 nitrogen and oxygen atoms in total. The van der Waals surface area contributed by atoms with Gasteiger partial charge in [-0.25, -0.2) is 0 Å². The molecule has 0 aliphatic heterocycles. The van der Waals surface area contributed by atoms with Crippen molar-refractivity contribution < 1.29 is 27.6 Å². The number of hydrogen-bond donors (Lipinski definition) is 2. The van der Waals surface area contributed by atoms with E-state index in [2.05, 4.69) is 0 Å². The number of rotatable bonds is 10. The van der Waals surface area contributed by atoms with E-state index in [1.807, 2.05) is 25.1 Å². The molecule has 7 heteroatoms. The van der Waals surface area contributed by atoms with E-state index in [9.17, 15) is 13.5 Å². The van der Waals surface area contributed by atoms with Crippen molar-refractivity contribution in [3.05, 3.63) is 23.8 Å². The zero-order valence-corrected chi connectivity index (χ0v) is 14.7. The Balaban J connectivity index is 2.70. The molecule has 23 heavy (non-hydrogen) atoms. The SMILES string of the molecule is COc1ccc(CC(C)(CO)CCCCS(=O)(=O)O)cc1OC. The van der Waals surface area contributed by atoms with Crippen molar-refractivity contribution in [1.29, 1.82) is 0 Å². The molecule has 1 rings (SSSR count). The Bertz CT molecular complexity index is 599. The van der Waals surface area contributed by atoms with Gasteiger partial charge in [0.1, 0.15) is 0 Å². The molecule has 0 aromatic heterocycles. The predicted octanol–water partition coefficient (Wildman–Crippen LogP) is 2.30. The summed E-state index contributed by atoms with van der Waals surface area (Å²) in [5, 5.41) is 9.71. The summed E-state index contributed by atoms with van der Waals surface area (Å²) in [7, 11) is -0.771. The summed E-state index contributed by atoms with van der Waals surface area (Å²) in [5.41, 5.74) is 0.646. The van der Waals surface area contributed by atoms with Crippen molar-refractivity contribution in [2.24, 2.45) is 5.41 Å². The van der Waals surface area contributed by atoms with Crippen LogP contribution in [-0.4, -0.2) is 44.7 Å². The molecule has 0 fully saturated rings. The van der Waals surface area contributed by atoms with Crippen LogP contribution in [-0.2, 0) is 16.5 Å². The fourth-order valence-corrected chi connectivity index (χ4v) is 3.11. The lowest BCUT2D eigenvalue weighted by atomic mass is 9.80. The molecule has 1 atom stereocenters. The quantitative estimate of drug-likeness (QED) is 0.499. The summed E-state index contributed by atoms with van der Waals surface area (Å²) in [4.78, 5) is 0. The van der Waals surface area contributed by atoms with Gasteiger partial charge in [-0.1, -0.05) is 19.4 Å². The fourth-order valence-electron chi connectivity index (χ4n) is 2.54. The highest BCUT2D eigenvalue weighted by Gasteiger charge is 2.24. The van der Waals surface area contributed by atoms with Crippen LogP contribution in [0.15, 0.2) is 18.2 Å². The maximum Gasteiger partial charge on any atom is 0.264 e. The van der Waals surface area contributed by atoms with Crippen LogP contribution in [0.5, 0.6) is 11.5 Å². The van der Waals surface area contributed by atoms with Crippen LogP contribution < -0.4 is 9.47 Å². The first-order valence-electron chi connectivity index (χ1n) is 7.50. The topological polar surface area (TPSA) is 93.1 Å². The van der Waals surface area contributed by atoms with Gasteiger partial charge in [0.2, 0.25) is 0 Å². The van der Waals surface area contributed by atoms with Gasteiger partial charge in [-0.3, -0.25) is 4.55 Å². The van der Waals surface area contributed by atoms with Crippen molar-refractivity contribution in [3.8, 4) is 11.5 Å².